The highest BCUT2D eigenvalue weighted by molar-refractivity contribution is 6.30. The summed E-state index contributed by atoms with van der Waals surface area (Å²) in [6, 6.07) is 7.70. The first kappa shape index (κ1) is 15.7. The Hall–Kier alpha value is -1.79. The molecule has 0 spiro atoms. The lowest BCUT2D eigenvalue weighted by Crippen LogP contribution is -2.36. The van der Waals surface area contributed by atoms with E-state index in [1.165, 1.54) is 12.8 Å². The lowest BCUT2D eigenvalue weighted by atomic mass is 9.89. The van der Waals surface area contributed by atoms with Gasteiger partial charge in [0, 0.05) is 16.5 Å². The normalized spacial score (nSPS) is 19.5. The van der Waals surface area contributed by atoms with Crippen molar-refractivity contribution >= 4 is 17.4 Å². The average molecular weight is 346 g/mol. The minimum Gasteiger partial charge on any atom is -0.296 e. The van der Waals surface area contributed by atoms with Gasteiger partial charge in [0.1, 0.15) is 0 Å². The second-order valence-electron chi connectivity index (χ2n) is 6.69. The minimum absolute atomic E-state index is 0.0989. The van der Waals surface area contributed by atoms with Crippen molar-refractivity contribution in [3.63, 3.8) is 0 Å². The van der Waals surface area contributed by atoms with E-state index < -0.39 is 0 Å². The molecule has 0 radical (unpaired) electrons. The van der Waals surface area contributed by atoms with Crippen LogP contribution in [0.2, 0.25) is 5.02 Å². The number of nitrogens with zero attached hydrogens (tertiary/aromatic N) is 5. The Morgan fingerprint density at radius 1 is 1.12 bits per heavy atom. The van der Waals surface area contributed by atoms with Crippen molar-refractivity contribution in [1.29, 1.82) is 0 Å². The fourth-order valence-corrected chi connectivity index (χ4v) is 3.45. The van der Waals surface area contributed by atoms with Gasteiger partial charge in [-0.3, -0.25) is 9.69 Å². The predicted octanol–water partition coefficient (Wildman–Crippen LogP) is 2.76. The maximum absolute atomic E-state index is 12.6. The van der Waals surface area contributed by atoms with Gasteiger partial charge in [0.15, 0.2) is 11.6 Å². The van der Waals surface area contributed by atoms with Crippen LogP contribution in [0.25, 0.3) is 0 Å². The van der Waals surface area contributed by atoms with E-state index in [4.69, 9.17) is 11.6 Å². The van der Waals surface area contributed by atoms with Gasteiger partial charge < -0.3 is 0 Å². The van der Waals surface area contributed by atoms with E-state index in [1.54, 1.807) is 12.1 Å². The second kappa shape index (κ2) is 6.61. The largest absolute Gasteiger partial charge is 0.296 e. The molecule has 1 aromatic carbocycles. The third-order valence-corrected chi connectivity index (χ3v) is 5.16. The van der Waals surface area contributed by atoms with Crippen LogP contribution in [-0.4, -0.2) is 44.0 Å². The third kappa shape index (κ3) is 3.35. The Bertz CT molecular complexity index is 717. The smallest absolute Gasteiger partial charge is 0.166 e. The molecule has 7 heteroatoms. The summed E-state index contributed by atoms with van der Waals surface area (Å²) in [4.78, 5) is 14.9. The number of halogens is 1. The molecule has 6 nitrogen and oxygen atoms in total. The molecule has 126 valence electrons. The van der Waals surface area contributed by atoms with Crippen molar-refractivity contribution in [2.24, 2.45) is 5.92 Å². The van der Waals surface area contributed by atoms with Gasteiger partial charge in [-0.1, -0.05) is 11.6 Å². The van der Waals surface area contributed by atoms with E-state index in [1.807, 2.05) is 16.8 Å². The van der Waals surface area contributed by atoms with Gasteiger partial charge in [0.2, 0.25) is 0 Å². The molecule has 1 aliphatic heterocycles. The molecule has 0 amide bonds. The molecule has 1 aliphatic carbocycles. The van der Waals surface area contributed by atoms with Gasteiger partial charge in [0.25, 0.3) is 0 Å². The van der Waals surface area contributed by atoms with Crippen molar-refractivity contribution in [3.05, 3.63) is 40.7 Å². The number of piperidine rings is 1. The van der Waals surface area contributed by atoms with Crippen LogP contribution in [0.15, 0.2) is 24.3 Å². The Kier molecular flexibility index (Phi) is 4.33. The highest BCUT2D eigenvalue weighted by atomic mass is 35.5. The van der Waals surface area contributed by atoms with E-state index >= 15 is 0 Å². The molecule has 2 aromatic rings. The molecule has 2 fully saturated rings. The summed E-state index contributed by atoms with van der Waals surface area (Å²) >= 11 is 5.89. The van der Waals surface area contributed by atoms with Crippen molar-refractivity contribution in [2.45, 2.75) is 38.3 Å². The van der Waals surface area contributed by atoms with Gasteiger partial charge in [-0.25, -0.2) is 4.68 Å². The number of carbonyl (C=O) groups is 1. The zero-order chi connectivity index (χ0) is 16.5. The quantitative estimate of drug-likeness (QED) is 0.780. The fraction of sp³-hybridized carbons (Fsp3) is 0.529. The van der Waals surface area contributed by atoms with Gasteiger partial charge in [-0.15, -0.1) is 5.10 Å². The Morgan fingerprint density at radius 3 is 2.50 bits per heavy atom. The number of hydrogen-bond acceptors (Lipinski definition) is 5. The fourth-order valence-electron chi connectivity index (χ4n) is 3.32. The van der Waals surface area contributed by atoms with Gasteiger partial charge in [-0.2, -0.15) is 0 Å². The number of benzene rings is 1. The first-order valence-electron chi connectivity index (χ1n) is 8.49. The first-order chi connectivity index (χ1) is 11.7. The number of rotatable bonds is 5. The summed E-state index contributed by atoms with van der Waals surface area (Å²) < 4.78 is 1.96. The number of carbonyl (C=O) groups excluding carboxylic acids is 1. The monoisotopic (exact) mass is 345 g/mol. The van der Waals surface area contributed by atoms with Crippen molar-refractivity contribution in [2.75, 3.05) is 13.1 Å². The summed E-state index contributed by atoms with van der Waals surface area (Å²) in [5.41, 5.74) is 0.760. The lowest BCUT2D eigenvalue weighted by molar-refractivity contribution is 0.0831. The van der Waals surface area contributed by atoms with Gasteiger partial charge in [0.05, 0.1) is 12.6 Å². The van der Waals surface area contributed by atoms with E-state index in [9.17, 15) is 4.79 Å². The molecule has 2 aliphatic rings. The molecule has 0 unspecified atom stereocenters. The number of aromatic nitrogens is 4. The highest BCUT2D eigenvalue weighted by Crippen LogP contribution is 2.34. The first-order valence-corrected chi connectivity index (χ1v) is 8.87. The number of ketones is 1. The maximum Gasteiger partial charge on any atom is 0.166 e. The number of hydrogen-bond donors (Lipinski definition) is 0. The zero-order valence-corrected chi connectivity index (χ0v) is 14.2. The standard InChI is InChI=1S/C17H20ClN5O/c18-14-3-1-12(2-4-14)17(24)13-7-9-22(10-8-13)11-16-19-20-21-23(16)15-5-6-15/h1-4,13,15H,5-11H2. The van der Waals surface area contributed by atoms with E-state index in [-0.39, 0.29) is 11.7 Å². The Labute approximate surface area is 145 Å². The molecule has 0 atom stereocenters. The molecule has 1 saturated carbocycles. The zero-order valence-electron chi connectivity index (χ0n) is 13.4. The molecular formula is C17H20ClN5O. The minimum atomic E-state index is 0.0989. The Balaban J connectivity index is 1.34. The topological polar surface area (TPSA) is 63.9 Å². The molecule has 1 saturated heterocycles. The highest BCUT2D eigenvalue weighted by Gasteiger charge is 2.30. The summed E-state index contributed by atoms with van der Waals surface area (Å²) in [6.45, 7) is 2.58. The molecule has 0 bridgehead atoms. The number of tetrazole rings is 1. The van der Waals surface area contributed by atoms with Crippen molar-refractivity contribution in [1.82, 2.24) is 25.1 Å². The molecular weight excluding hydrogens is 326 g/mol. The predicted molar refractivity (Wildman–Crippen MR) is 89.9 cm³/mol. The van der Waals surface area contributed by atoms with Crippen LogP contribution < -0.4 is 0 Å². The van der Waals surface area contributed by atoms with E-state index in [0.29, 0.717) is 11.1 Å². The van der Waals surface area contributed by atoms with E-state index in [0.717, 1.165) is 43.9 Å². The maximum atomic E-state index is 12.6. The van der Waals surface area contributed by atoms with Crippen LogP contribution in [0.1, 0.15) is 47.9 Å². The van der Waals surface area contributed by atoms with Crippen LogP contribution in [0.5, 0.6) is 0 Å². The van der Waals surface area contributed by atoms with Crippen LogP contribution in [0.3, 0.4) is 0 Å². The molecule has 4 rings (SSSR count). The van der Waals surface area contributed by atoms with Crippen molar-refractivity contribution < 1.29 is 4.79 Å². The number of Topliss-reactive ketones (excluding diaryl/α,β-unsaturated/α-hetero) is 1. The molecule has 1 aromatic heterocycles. The lowest BCUT2D eigenvalue weighted by Gasteiger charge is -2.30. The van der Waals surface area contributed by atoms with Crippen molar-refractivity contribution in [3.8, 4) is 0 Å². The van der Waals surface area contributed by atoms with Crippen LogP contribution in [0, 0.1) is 5.92 Å². The summed E-state index contributed by atoms with van der Waals surface area (Å²) in [6.07, 6.45) is 4.12. The SMILES string of the molecule is O=C(c1ccc(Cl)cc1)C1CCN(Cc2nnnn2C2CC2)CC1. The Morgan fingerprint density at radius 2 is 1.83 bits per heavy atom. The number of likely N-dealkylation sites (tertiary alicyclic amines) is 1. The second-order valence-corrected chi connectivity index (χ2v) is 7.13. The van der Waals surface area contributed by atoms with Gasteiger partial charge >= 0.3 is 0 Å². The average Bonchev–Trinajstić information content (AvgIpc) is 3.35. The van der Waals surface area contributed by atoms with Gasteiger partial charge in [-0.05, 0) is 73.5 Å². The molecule has 24 heavy (non-hydrogen) atoms. The van der Waals surface area contributed by atoms with Crippen LogP contribution in [-0.2, 0) is 6.54 Å². The summed E-state index contributed by atoms with van der Waals surface area (Å²) in [5, 5.41) is 12.7. The summed E-state index contributed by atoms with van der Waals surface area (Å²) in [7, 11) is 0. The van der Waals surface area contributed by atoms with Crippen LogP contribution >= 0.6 is 11.6 Å². The molecule has 0 N–H and O–H groups in total. The van der Waals surface area contributed by atoms with Crippen LogP contribution in [0.4, 0.5) is 0 Å². The molecule has 2 heterocycles. The summed E-state index contributed by atoms with van der Waals surface area (Å²) in [5.74, 6) is 1.27. The third-order valence-electron chi connectivity index (χ3n) is 4.91. The van der Waals surface area contributed by atoms with E-state index in [2.05, 4.69) is 20.4 Å².